The van der Waals surface area contributed by atoms with Crippen molar-refractivity contribution in [2.24, 2.45) is 22.9 Å². The molecule has 3 atom stereocenters. The Hall–Kier alpha value is -1.35. The highest BCUT2D eigenvalue weighted by molar-refractivity contribution is 6.30. The summed E-state index contributed by atoms with van der Waals surface area (Å²) in [5, 5.41) is 4.74. The predicted molar refractivity (Wildman–Crippen MR) is 76.3 cm³/mol. The molecular formula is C15H17ClN2O. The van der Waals surface area contributed by atoms with Gasteiger partial charge in [-0.2, -0.15) is 5.10 Å². The van der Waals surface area contributed by atoms with Crippen LogP contribution in [0.2, 0.25) is 5.02 Å². The zero-order valence-electron chi connectivity index (χ0n) is 10.7. The molecule has 2 fully saturated rings. The number of nitrogens with one attached hydrogen (secondary N) is 1. The Morgan fingerprint density at radius 2 is 2.05 bits per heavy atom. The second-order valence-corrected chi connectivity index (χ2v) is 6.00. The number of halogens is 1. The van der Waals surface area contributed by atoms with E-state index in [9.17, 15) is 4.79 Å². The monoisotopic (exact) mass is 276 g/mol. The van der Waals surface area contributed by atoms with Crippen LogP contribution in [-0.2, 0) is 0 Å². The number of hydrogen-bond acceptors (Lipinski definition) is 2. The van der Waals surface area contributed by atoms with E-state index in [4.69, 9.17) is 11.6 Å². The van der Waals surface area contributed by atoms with Crippen molar-refractivity contribution in [3.63, 3.8) is 0 Å². The van der Waals surface area contributed by atoms with Gasteiger partial charge in [0.25, 0.3) is 5.91 Å². The largest absolute Gasteiger partial charge is 0.271 e. The van der Waals surface area contributed by atoms with Gasteiger partial charge in [0.15, 0.2) is 0 Å². The number of fused-ring (bicyclic) bond motifs is 2. The summed E-state index contributed by atoms with van der Waals surface area (Å²) in [6.45, 7) is 0. The first-order valence-electron chi connectivity index (χ1n) is 6.81. The lowest BCUT2D eigenvalue weighted by molar-refractivity contribution is 0.0955. The van der Waals surface area contributed by atoms with Crippen LogP contribution in [0.25, 0.3) is 0 Å². The number of hydrogen-bond donors (Lipinski definition) is 1. The molecule has 2 bridgehead atoms. The topological polar surface area (TPSA) is 41.5 Å². The lowest BCUT2D eigenvalue weighted by Gasteiger charge is -2.16. The lowest BCUT2D eigenvalue weighted by atomic mass is 9.90. The highest BCUT2D eigenvalue weighted by Crippen LogP contribution is 2.47. The summed E-state index contributed by atoms with van der Waals surface area (Å²) in [6.07, 6.45) is 7.23. The molecule has 4 heteroatoms. The second-order valence-electron chi connectivity index (χ2n) is 5.56. The highest BCUT2D eigenvalue weighted by Gasteiger charge is 2.38. The Morgan fingerprint density at radius 3 is 2.68 bits per heavy atom. The van der Waals surface area contributed by atoms with Crippen LogP contribution >= 0.6 is 11.6 Å². The summed E-state index contributed by atoms with van der Waals surface area (Å²) in [5.41, 5.74) is 3.17. The van der Waals surface area contributed by atoms with Crippen molar-refractivity contribution in [1.82, 2.24) is 5.43 Å². The highest BCUT2D eigenvalue weighted by atomic mass is 35.5. The number of hydrazone groups is 1. The molecule has 0 spiro atoms. The Kier molecular flexibility index (Phi) is 3.56. The van der Waals surface area contributed by atoms with E-state index in [-0.39, 0.29) is 5.91 Å². The molecule has 0 radical (unpaired) electrons. The quantitative estimate of drug-likeness (QED) is 0.666. The fourth-order valence-electron chi connectivity index (χ4n) is 3.33. The standard InChI is InChI=1S/C15H17ClN2O/c16-14-5-3-11(4-6-14)15(19)18-17-9-13-8-10-1-2-12(13)7-10/h3-6,9-10,12-13H,1-2,7-8H2,(H,18,19)/b17-9-/t10-,12-,13-/m0/s1. The first-order chi connectivity index (χ1) is 9.22. The maximum atomic E-state index is 11.8. The van der Waals surface area contributed by atoms with Crippen LogP contribution in [0.15, 0.2) is 29.4 Å². The van der Waals surface area contributed by atoms with Crippen molar-refractivity contribution in [2.45, 2.75) is 25.7 Å². The van der Waals surface area contributed by atoms with Crippen LogP contribution < -0.4 is 5.43 Å². The maximum Gasteiger partial charge on any atom is 0.271 e. The number of benzene rings is 1. The molecule has 0 unspecified atom stereocenters. The third kappa shape index (κ3) is 2.81. The minimum atomic E-state index is -0.184. The van der Waals surface area contributed by atoms with Crippen LogP contribution in [0.4, 0.5) is 0 Å². The van der Waals surface area contributed by atoms with Gasteiger partial charge in [0.2, 0.25) is 0 Å². The van der Waals surface area contributed by atoms with E-state index in [1.54, 1.807) is 24.3 Å². The zero-order chi connectivity index (χ0) is 13.2. The predicted octanol–water partition coefficient (Wildman–Crippen LogP) is 3.49. The van der Waals surface area contributed by atoms with Crippen molar-refractivity contribution in [3.05, 3.63) is 34.9 Å². The summed E-state index contributed by atoms with van der Waals surface area (Å²) in [6, 6.07) is 6.81. The molecule has 0 aromatic heterocycles. The van der Waals surface area contributed by atoms with Gasteiger partial charge < -0.3 is 0 Å². The lowest BCUT2D eigenvalue weighted by Crippen LogP contribution is -2.20. The molecule has 0 aliphatic heterocycles. The summed E-state index contributed by atoms with van der Waals surface area (Å²) < 4.78 is 0. The molecule has 100 valence electrons. The first kappa shape index (κ1) is 12.7. The molecule has 0 heterocycles. The second kappa shape index (κ2) is 5.33. The Labute approximate surface area is 118 Å². The molecule has 19 heavy (non-hydrogen) atoms. The van der Waals surface area contributed by atoms with Gasteiger partial charge in [-0.1, -0.05) is 18.0 Å². The number of carbonyl (C=O) groups excluding carboxylic acids is 1. The summed E-state index contributed by atoms with van der Waals surface area (Å²) in [4.78, 5) is 11.8. The molecule has 1 amide bonds. The molecular weight excluding hydrogens is 260 g/mol. The van der Waals surface area contributed by atoms with Gasteiger partial charge in [-0.15, -0.1) is 0 Å². The molecule has 1 aromatic carbocycles. The Balaban J connectivity index is 1.54. The molecule has 2 aliphatic rings. The average Bonchev–Trinajstić information content (AvgIpc) is 3.02. The van der Waals surface area contributed by atoms with Crippen molar-refractivity contribution in [3.8, 4) is 0 Å². The third-order valence-electron chi connectivity index (χ3n) is 4.33. The molecule has 0 saturated heterocycles. The smallest absolute Gasteiger partial charge is 0.267 e. The van der Waals surface area contributed by atoms with E-state index in [2.05, 4.69) is 10.5 Å². The summed E-state index contributed by atoms with van der Waals surface area (Å²) in [5.74, 6) is 2.06. The minimum absolute atomic E-state index is 0.184. The van der Waals surface area contributed by atoms with Gasteiger partial charge in [0.1, 0.15) is 0 Å². The van der Waals surface area contributed by atoms with E-state index in [0.717, 1.165) is 11.8 Å². The van der Waals surface area contributed by atoms with E-state index in [1.807, 2.05) is 6.21 Å². The molecule has 2 aliphatic carbocycles. The Bertz CT molecular complexity index is 497. The van der Waals surface area contributed by atoms with Crippen LogP contribution in [0.5, 0.6) is 0 Å². The van der Waals surface area contributed by atoms with Gasteiger partial charge in [0.05, 0.1) is 0 Å². The van der Waals surface area contributed by atoms with E-state index >= 15 is 0 Å². The van der Waals surface area contributed by atoms with Crippen LogP contribution in [0.3, 0.4) is 0 Å². The van der Waals surface area contributed by atoms with Gasteiger partial charge in [-0.3, -0.25) is 4.79 Å². The van der Waals surface area contributed by atoms with Crippen LogP contribution in [0.1, 0.15) is 36.0 Å². The average molecular weight is 277 g/mol. The van der Waals surface area contributed by atoms with Crippen molar-refractivity contribution in [2.75, 3.05) is 0 Å². The van der Waals surface area contributed by atoms with Gasteiger partial charge in [0, 0.05) is 16.8 Å². The normalized spacial score (nSPS) is 29.0. The van der Waals surface area contributed by atoms with E-state index in [1.165, 1.54) is 25.7 Å². The number of amides is 1. The fraction of sp³-hybridized carbons (Fsp3) is 0.467. The molecule has 3 nitrogen and oxygen atoms in total. The summed E-state index contributed by atoms with van der Waals surface area (Å²) in [7, 11) is 0. The SMILES string of the molecule is O=C(N/N=C\[C@@H]1C[C@H]2CC[C@H]1C2)c1ccc(Cl)cc1. The molecule has 1 aromatic rings. The van der Waals surface area contributed by atoms with E-state index < -0.39 is 0 Å². The van der Waals surface area contributed by atoms with Gasteiger partial charge in [-0.05, 0) is 61.3 Å². The molecule has 2 saturated carbocycles. The third-order valence-corrected chi connectivity index (χ3v) is 4.58. The van der Waals surface area contributed by atoms with Crippen molar-refractivity contribution < 1.29 is 4.79 Å². The fourth-order valence-corrected chi connectivity index (χ4v) is 3.46. The minimum Gasteiger partial charge on any atom is -0.267 e. The maximum absolute atomic E-state index is 11.8. The number of carbonyl (C=O) groups is 1. The van der Waals surface area contributed by atoms with Crippen LogP contribution in [-0.4, -0.2) is 12.1 Å². The van der Waals surface area contributed by atoms with Gasteiger partial charge >= 0.3 is 0 Å². The van der Waals surface area contributed by atoms with Crippen molar-refractivity contribution in [1.29, 1.82) is 0 Å². The summed E-state index contributed by atoms with van der Waals surface area (Å²) >= 11 is 5.78. The number of nitrogens with zero attached hydrogens (tertiary/aromatic N) is 1. The molecule has 1 N–H and O–H groups in total. The Morgan fingerprint density at radius 1 is 1.26 bits per heavy atom. The zero-order valence-corrected chi connectivity index (χ0v) is 11.4. The van der Waals surface area contributed by atoms with E-state index in [0.29, 0.717) is 16.5 Å². The van der Waals surface area contributed by atoms with Crippen molar-refractivity contribution >= 4 is 23.7 Å². The molecule has 3 rings (SSSR count). The van der Waals surface area contributed by atoms with Crippen LogP contribution in [0, 0.1) is 17.8 Å². The number of rotatable bonds is 3. The first-order valence-corrected chi connectivity index (χ1v) is 7.19. The van der Waals surface area contributed by atoms with Gasteiger partial charge in [-0.25, -0.2) is 5.43 Å².